The van der Waals surface area contributed by atoms with E-state index in [-0.39, 0.29) is 12.1 Å². The molecule has 0 spiro atoms. The highest BCUT2D eigenvalue weighted by molar-refractivity contribution is 5.89. The number of amides is 2. The van der Waals surface area contributed by atoms with Crippen LogP contribution in [0.1, 0.15) is 31.0 Å². The van der Waals surface area contributed by atoms with Gasteiger partial charge in [0.05, 0.1) is 6.20 Å². The Labute approximate surface area is 192 Å². The van der Waals surface area contributed by atoms with Gasteiger partial charge in [0.15, 0.2) is 5.82 Å². The van der Waals surface area contributed by atoms with Crippen molar-refractivity contribution in [3.63, 3.8) is 0 Å². The monoisotopic (exact) mass is 442 g/mol. The predicted octanol–water partition coefficient (Wildman–Crippen LogP) is 3.91. The highest BCUT2D eigenvalue weighted by Crippen LogP contribution is 2.30. The molecule has 33 heavy (non-hydrogen) atoms. The molecule has 0 radical (unpaired) electrons. The minimum Gasteiger partial charge on any atom is -0.320 e. The second-order valence-electron chi connectivity index (χ2n) is 8.51. The molecule has 2 amide bonds. The van der Waals surface area contributed by atoms with Crippen molar-refractivity contribution in [3.05, 3.63) is 66.2 Å². The van der Waals surface area contributed by atoms with E-state index in [2.05, 4.69) is 57.6 Å². The average molecular weight is 443 g/mol. The van der Waals surface area contributed by atoms with Gasteiger partial charge in [-0.2, -0.15) is 5.10 Å². The first-order valence-electron chi connectivity index (χ1n) is 11.0. The molecule has 0 saturated heterocycles. The molecule has 0 fully saturated rings. The molecule has 0 unspecified atom stereocenters. The average Bonchev–Trinajstić information content (AvgIpc) is 3.48. The summed E-state index contributed by atoms with van der Waals surface area (Å²) in [6, 6.07) is 11.9. The molecular weight excluding hydrogens is 416 g/mol. The Morgan fingerprint density at radius 1 is 1.15 bits per heavy atom. The molecular formula is C24H26N8O. The molecule has 168 valence electrons. The van der Waals surface area contributed by atoms with Crippen LogP contribution < -0.4 is 5.32 Å². The number of nitrogens with zero attached hydrogens (tertiary/aromatic N) is 7. The topological polar surface area (TPSA) is 93.8 Å². The maximum Gasteiger partial charge on any atom is 0.323 e. The van der Waals surface area contributed by atoms with Crippen LogP contribution in [0, 0.1) is 0 Å². The van der Waals surface area contributed by atoms with Gasteiger partial charge >= 0.3 is 6.03 Å². The van der Waals surface area contributed by atoms with Crippen molar-refractivity contribution in [1.29, 1.82) is 0 Å². The van der Waals surface area contributed by atoms with Gasteiger partial charge in [0.25, 0.3) is 0 Å². The van der Waals surface area contributed by atoms with Crippen molar-refractivity contribution in [1.82, 2.24) is 34.4 Å². The smallest absolute Gasteiger partial charge is 0.320 e. The predicted molar refractivity (Wildman–Crippen MR) is 125 cm³/mol. The van der Waals surface area contributed by atoms with Gasteiger partial charge in [-0.25, -0.2) is 9.78 Å². The summed E-state index contributed by atoms with van der Waals surface area (Å²) in [5.74, 6) is 1.16. The molecule has 1 aliphatic heterocycles. The summed E-state index contributed by atoms with van der Waals surface area (Å²) in [6.45, 7) is 5.31. The minimum atomic E-state index is -0.170. The molecule has 0 saturated carbocycles. The summed E-state index contributed by atoms with van der Waals surface area (Å²) < 4.78 is 3.75. The Hall–Kier alpha value is -4.01. The van der Waals surface area contributed by atoms with Crippen molar-refractivity contribution >= 4 is 11.8 Å². The van der Waals surface area contributed by atoms with Crippen LogP contribution in [-0.4, -0.2) is 47.0 Å². The van der Waals surface area contributed by atoms with Crippen LogP contribution in [0.25, 0.3) is 22.6 Å². The summed E-state index contributed by atoms with van der Waals surface area (Å²) in [7, 11) is 1.91. The molecule has 3 aromatic heterocycles. The maximum absolute atomic E-state index is 13.1. The zero-order chi connectivity index (χ0) is 22.9. The summed E-state index contributed by atoms with van der Waals surface area (Å²) >= 11 is 0. The molecule has 1 aliphatic rings. The summed E-state index contributed by atoms with van der Waals surface area (Å²) in [5.41, 5.74) is 5.28. The fraction of sp³-hybridized carbons (Fsp3) is 0.292. The van der Waals surface area contributed by atoms with Gasteiger partial charge < -0.3 is 9.47 Å². The van der Waals surface area contributed by atoms with Crippen LogP contribution in [0.2, 0.25) is 0 Å². The lowest BCUT2D eigenvalue weighted by Crippen LogP contribution is -2.39. The molecule has 9 nitrogen and oxygen atoms in total. The van der Waals surface area contributed by atoms with Crippen LogP contribution in [0.3, 0.4) is 0 Å². The third-order valence-corrected chi connectivity index (χ3v) is 5.92. The van der Waals surface area contributed by atoms with Crippen molar-refractivity contribution in [2.75, 3.05) is 11.9 Å². The summed E-state index contributed by atoms with van der Waals surface area (Å²) in [6.07, 6.45) is 6.36. The first-order chi connectivity index (χ1) is 16.0. The number of nitrogens with one attached hydrogen (secondary N) is 1. The van der Waals surface area contributed by atoms with Crippen molar-refractivity contribution in [3.8, 4) is 22.6 Å². The van der Waals surface area contributed by atoms with E-state index < -0.39 is 0 Å². The number of fused-ring (bicyclic) bond motifs is 1. The highest BCUT2D eigenvalue weighted by Gasteiger charge is 2.24. The van der Waals surface area contributed by atoms with E-state index in [0.29, 0.717) is 30.4 Å². The molecule has 1 aromatic carbocycles. The fourth-order valence-corrected chi connectivity index (χ4v) is 4.21. The van der Waals surface area contributed by atoms with Crippen molar-refractivity contribution in [2.45, 2.75) is 32.9 Å². The number of aromatic nitrogens is 6. The van der Waals surface area contributed by atoms with E-state index in [9.17, 15) is 4.79 Å². The molecule has 0 atom stereocenters. The van der Waals surface area contributed by atoms with E-state index in [0.717, 1.165) is 17.5 Å². The van der Waals surface area contributed by atoms with Gasteiger partial charge in [0, 0.05) is 37.9 Å². The number of pyridine rings is 1. The van der Waals surface area contributed by atoms with Crippen LogP contribution >= 0.6 is 0 Å². The first kappa shape index (κ1) is 20.9. The first-order valence-corrected chi connectivity index (χ1v) is 11.0. The highest BCUT2D eigenvalue weighted by atomic mass is 16.2. The molecule has 5 rings (SSSR count). The largest absolute Gasteiger partial charge is 0.323 e. The number of aryl methyl sites for hydroxylation is 1. The number of rotatable bonds is 4. The number of carbonyl (C=O) groups is 1. The van der Waals surface area contributed by atoms with E-state index >= 15 is 0 Å². The lowest BCUT2D eigenvalue weighted by atomic mass is 9.92. The molecule has 4 aromatic rings. The Bertz CT molecular complexity index is 1310. The molecule has 9 heteroatoms. The maximum atomic E-state index is 13.1. The fourth-order valence-electron chi connectivity index (χ4n) is 4.21. The Kier molecular flexibility index (Phi) is 5.37. The van der Waals surface area contributed by atoms with Crippen LogP contribution in [-0.2, 0) is 20.0 Å². The molecule has 1 N–H and O–H groups in total. The minimum absolute atomic E-state index is 0.170. The Balaban J connectivity index is 1.36. The van der Waals surface area contributed by atoms with Crippen molar-refractivity contribution < 1.29 is 4.79 Å². The standard InChI is InChI=1S/C24H26N8O/c1-16(2)32-15-25-29-23(32)21-8-5-9-22(27-21)28-24(33)31-11-10-17-6-4-7-19(20(17)14-31)18-12-26-30(3)13-18/h4-9,12-13,15-16H,10-11,14H2,1-3H3,(H,27,28,33). The number of urea groups is 1. The number of hydrogen-bond donors (Lipinski definition) is 1. The number of benzene rings is 1. The Morgan fingerprint density at radius 3 is 2.79 bits per heavy atom. The second kappa shape index (κ2) is 8.50. The SMILES string of the molecule is CC(C)n1cnnc1-c1cccc(NC(=O)N2CCc3cccc(-c4cnn(C)c4)c3C2)n1. The van der Waals surface area contributed by atoms with Gasteiger partial charge in [-0.15, -0.1) is 10.2 Å². The number of anilines is 1. The molecule has 0 bridgehead atoms. The third kappa shape index (κ3) is 4.09. The number of hydrogen-bond acceptors (Lipinski definition) is 5. The Morgan fingerprint density at radius 2 is 2.00 bits per heavy atom. The second-order valence-corrected chi connectivity index (χ2v) is 8.51. The quantitative estimate of drug-likeness (QED) is 0.517. The van der Waals surface area contributed by atoms with Gasteiger partial charge in [0.1, 0.15) is 17.8 Å². The van der Waals surface area contributed by atoms with Gasteiger partial charge in [0.2, 0.25) is 0 Å². The van der Waals surface area contributed by atoms with E-state index in [1.54, 1.807) is 17.1 Å². The third-order valence-electron chi connectivity index (χ3n) is 5.92. The van der Waals surface area contributed by atoms with Crippen molar-refractivity contribution in [2.24, 2.45) is 7.05 Å². The number of carbonyl (C=O) groups excluding carboxylic acids is 1. The lowest BCUT2D eigenvalue weighted by molar-refractivity contribution is 0.206. The normalized spacial score (nSPS) is 13.3. The van der Waals surface area contributed by atoms with Gasteiger partial charge in [-0.3, -0.25) is 10.00 Å². The summed E-state index contributed by atoms with van der Waals surface area (Å²) in [5, 5.41) is 15.5. The molecule has 4 heterocycles. The zero-order valence-electron chi connectivity index (χ0n) is 18.9. The summed E-state index contributed by atoms with van der Waals surface area (Å²) in [4.78, 5) is 19.6. The van der Waals surface area contributed by atoms with E-state index in [1.807, 2.05) is 41.0 Å². The van der Waals surface area contributed by atoms with Crippen LogP contribution in [0.5, 0.6) is 0 Å². The molecule has 0 aliphatic carbocycles. The lowest BCUT2D eigenvalue weighted by Gasteiger charge is -2.30. The van der Waals surface area contributed by atoms with Gasteiger partial charge in [-0.05, 0) is 49.1 Å². The van der Waals surface area contributed by atoms with E-state index in [4.69, 9.17) is 0 Å². The van der Waals surface area contributed by atoms with Crippen LogP contribution in [0.4, 0.5) is 10.6 Å². The van der Waals surface area contributed by atoms with Gasteiger partial charge in [-0.1, -0.05) is 24.3 Å². The van der Waals surface area contributed by atoms with E-state index in [1.165, 1.54) is 11.1 Å². The zero-order valence-corrected chi connectivity index (χ0v) is 18.9. The van der Waals surface area contributed by atoms with Crippen LogP contribution in [0.15, 0.2) is 55.1 Å².